The van der Waals surface area contributed by atoms with Crippen LogP contribution in [-0.2, 0) is 10.1 Å². The van der Waals surface area contributed by atoms with Crippen molar-refractivity contribution in [3.8, 4) is 0 Å². The number of rotatable bonds is 2. The molecule has 5 N–H and O–H groups in total. The summed E-state index contributed by atoms with van der Waals surface area (Å²) in [5, 5.41) is 9.74. The van der Waals surface area contributed by atoms with Gasteiger partial charge in [0.2, 0.25) is 0 Å². The maximum Gasteiger partial charge on any atom is 0.355 e. The zero-order valence-corrected chi connectivity index (χ0v) is 16.0. The van der Waals surface area contributed by atoms with Gasteiger partial charge in [-0.15, -0.1) is 4.68 Å². The van der Waals surface area contributed by atoms with Gasteiger partial charge in [-0.25, -0.2) is 8.42 Å². The van der Waals surface area contributed by atoms with Crippen molar-refractivity contribution in [2.75, 3.05) is 11.6 Å². The number of nitrogens with two attached hydrogens (primary N) is 2. The van der Waals surface area contributed by atoms with Gasteiger partial charge in [0.1, 0.15) is 15.8 Å². The standard InChI is InChI=1S/C9H12O3S.C6H11N3OS/c1-6-4-7(2)9(8(3)5-6)13(10,11)12;1-3-5(4(2)10)11-6(7)9(3)8/h4-5H,1-3H3,(H,10,11,12);4,7,10H,8H2,1-2H3. The topological polar surface area (TPSA) is 133 Å². The van der Waals surface area contributed by atoms with E-state index in [1.807, 2.05) is 13.8 Å². The third-order valence-electron chi connectivity index (χ3n) is 3.40. The minimum atomic E-state index is -4.33. The molecule has 9 heteroatoms. The van der Waals surface area contributed by atoms with Gasteiger partial charge in [0.15, 0.2) is 0 Å². The lowest BCUT2D eigenvalue weighted by Gasteiger charge is -2.14. The van der Waals surface area contributed by atoms with Crippen LogP contribution >= 0.6 is 11.3 Å². The summed E-state index contributed by atoms with van der Waals surface area (Å²) in [5.41, 5.74) is 8.35. The lowest BCUT2D eigenvalue weighted by atomic mass is 10.1. The fraction of sp³-hybridized carbons (Fsp3) is 0.400. The molecule has 0 saturated heterocycles. The van der Waals surface area contributed by atoms with E-state index in [1.54, 1.807) is 32.9 Å². The summed E-state index contributed by atoms with van der Waals surface area (Å²) in [5.74, 6) is 5.53. The molecule has 1 unspecified atom stereocenters. The molecule has 24 heavy (non-hydrogen) atoms. The number of hydrogen-bond donors (Lipinski definition) is 3. The molecule has 1 atom stereocenters. The van der Waals surface area contributed by atoms with Crippen molar-refractivity contribution in [3.63, 3.8) is 0 Å². The van der Waals surface area contributed by atoms with Crippen LogP contribution in [0, 0.1) is 27.7 Å². The molecule has 134 valence electrons. The van der Waals surface area contributed by atoms with Crippen LogP contribution in [-0.4, -0.2) is 18.1 Å². The van der Waals surface area contributed by atoms with Crippen LogP contribution in [0.2, 0.25) is 0 Å². The van der Waals surface area contributed by atoms with Crippen LogP contribution in [0.15, 0.2) is 17.0 Å². The third-order valence-corrected chi connectivity index (χ3v) is 5.81. The van der Waals surface area contributed by atoms with Gasteiger partial charge in [-0.3, -0.25) is 11.6 Å². The van der Waals surface area contributed by atoms with Crippen LogP contribution in [0.3, 0.4) is 0 Å². The fourth-order valence-electron chi connectivity index (χ4n) is 2.47. The van der Waals surface area contributed by atoms with Crippen LogP contribution in [0.4, 0.5) is 5.13 Å². The van der Waals surface area contributed by atoms with Crippen molar-refractivity contribution in [1.29, 1.82) is 0 Å². The Bertz CT molecular complexity index is 820. The summed E-state index contributed by atoms with van der Waals surface area (Å²) in [6.45, 7) is 8.64. The number of benzene rings is 1. The van der Waals surface area contributed by atoms with Gasteiger partial charge in [0.25, 0.3) is 0 Å². The highest BCUT2D eigenvalue weighted by Crippen LogP contribution is 2.23. The number of aryl methyl sites for hydroxylation is 3. The second-order valence-electron chi connectivity index (χ2n) is 5.62. The van der Waals surface area contributed by atoms with E-state index in [0.29, 0.717) is 16.3 Å². The molecule has 0 spiro atoms. The smallest absolute Gasteiger partial charge is 0.355 e. The van der Waals surface area contributed by atoms with Crippen molar-refractivity contribution < 1.29 is 22.8 Å². The van der Waals surface area contributed by atoms with Crippen LogP contribution in [0.1, 0.15) is 40.3 Å². The summed E-state index contributed by atoms with van der Waals surface area (Å²) in [4.78, 5) is 0.739. The molecule has 7 nitrogen and oxygen atoms in total. The molecule has 0 fully saturated rings. The Labute approximate surface area is 146 Å². The van der Waals surface area contributed by atoms with E-state index in [9.17, 15) is 18.1 Å². The van der Waals surface area contributed by atoms with Gasteiger partial charge in [-0.1, -0.05) is 17.7 Å². The van der Waals surface area contributed by atoms with Crippen LogP contribution < -0.4 is 16.3 Å². The maximum atomic E-state index is 10.8. The Morgan fingerprint density at radius 3 is 1.92 bits per heavy atom. The Kier molecular flexibility index (Phi) is 6.34. The number of thiazole rings is 1. The summed E-state index contributed by atoms with van der Waals surface area (Å²) >= 11 is 1.31. The number of aliphatic hydroxyl groups excluding tert-OH is 1. The Morgan fingerprint density at radius 1 is 1.21 bits per heavy atom. The van der Waals surface area contributed by atoms with E-state index in [-0.39, 0.29) is 4.90 Å². The lowest BCUT2D eigenvalue weighted by Crippen LogP contribution is -2.47. The van der Waals surface area contributed by atoms with Crippen molar-refractivity contribution in [2.24, 2.45) is 0 Å². The second-order valence-corrected chi connectivity index (χ2v) is 8.00. The van der Waals surface area contributed by atoms with Crippen molar-refractivity contribution in [2.45, 2.75) is 45.6 Å². The molecule has 1 aromatic heterocycles. The minimum Gasteiger partial charge on any atom is -0.744 e. The fourth-order valence-corrected chi connectivity index (χ4v) is 4.25. The number of hydrogen-bond acceptors (Lipinski definition) is 7. The van der Waals surface area contributed by atoms with E-state index in [1.165, 1.54) is 16.0 Å². The van der Waals surface area contributed by atoms with Gasteiger partial charge in [-0.05, 0) is 50.2 Å². The minimum absolute atomic E-state index is 0.0851. The monoisotopic (exact) mass is 373 g/mol. The normalized spacial score (nSPS) is 12.5. The molecule has 0 bridgehead atoms. The number of aliphatic hydroxyl groups is 1. The molecule has 0 amide bonds. The van der Waals surface area contributed by atoms with Gasteiger partial charge in [-0.2, -0.15) is 0 Å². The van der Waals surface area contributed by atoms with E-state index in [0.717, 1.165) is 16.1 Å². The molecule has 0 aliphatic carbocycles. The number of nitrogens with zero attached hydrogens (tertiary/aromatic N) is 1. The number of nitrogen functional groups attached to an aromatic ring is 2. The first-order valence-corrected chi connectivity index (χ1v) is 9.36. The summed E-state index contributed by atoms with van der Waals surface area (Å²) in [6.07, 6.45) is -0.493. The van der Waals surface area contributed by atoms with Gasteiger partial charge in [0.05, 0.1) is 15.9 Å². The Hall–Kier alpha value is -1.68. The van der Waals surface area contributed by atoms with Crippen LogP contribution in [0.5, 0.6) is 0 Å². The maximum absolute atomic E-state index is 10.8. The average molecular weight is 374 g/mol. The number of anilines is 1. The molecule has 1 aromatic carbocycles. The zero-order valence-electron chi connectivity index (χ0n) is 14.3. The number of aromatic nitrogens is 1. The highest BCUT2D eigenvalue weighted by molar-refractivity contribution is 7.85. The van der Waals surface area contributed by atoms with E-state index in [2.05, 4.69) is 0 Å². The summed E-state index contributed by atoms with van der Waals surface area (Å²) in [7, 11) is -4.33. The van der Waals surface area contributed by atoms with E-state index >= 15 is 0 Å². The van der Waals surface area contributed by atoms with Gasteiger partial charge < -0.3 is 9.66 Å². The highest BCUT2D eigenvalue weighted by Gasteiger charge is 2.18. The van der Waals surface area contributed by atoms with E-state index < -0.39 is 16.2 Å². The summed E-state index contributed by atoms with van der Waals surface area (Å²) < 4.78 is 33.9. The second kappa shape index (κ2) is 7.47. The third kappa shape index (κ3) is 4.67. The van der Waals surface area contributed by atoms with Gasteiger partial charge >= 0.3 is 5.13 Å². The molecule has 1 heterocycles. The van der Waals surface area contributed by atoms with Crippen molar-refractivity contribution in [3.05, 3.63) is 39.4 Å². The van der Waals surface area contributed by atoms with Crippen LogP contribution in [0.25, 0.3) is 0 Å². The van der Waals surface area contributed by atoms with Crippen molar-refractivity contribution >= 4 is 26.6 Å². The molecule has 0 aliphatic rings. The first kappa shape index (κ1) is 20.4. The van der Waals surface area contributed by atoms with Crippen molar-refractivity contribution in [1.82, 2.24) is 0 Å². The Morgan fingerprint density at radius 2 is 1.67 bits per heavy atom. The largest absolute Gasteiger partial charge is 0.744 e. The Balaban J connectivity index is 0.000000243. The molecule has 0 radical (unpaired) electrons. The first-order chi connectivity index (χ1) is 10.9. The van der Waals surface area contributed by atoms with E-state index in [4.69, 9.17) is 11.6 Å². The highest BCUT2D eigenvalue weighted by atomic mass is 32.2. The van der Waals surface area contributed by atoms with Gasteiger partial charge in [0, 0.05) is 6.92 Å². The predicted molar refractivity (Wildman–Crippen MR) is 93.1 cm³/mol. The molecular formula is C15H23N3O4S2. The SMILES string of the molecule is Cc1c(C(C)O)sc(N)[n+]1N.Cc1cc(C)c(S(=O)(=O)[O-])c(C)c1. The summed E-state index contributed by atoms with van der Waals surface area (Å²) in [6, 6.07) is 3.38. The molecule has 2 aromatic rings. The lowest BCUT2D eigenvalue weighted by molar-refractivity contribution is -0.626. The molecule has 0 saturated carbocycles. The average Bonchev–Trinajstić information content (AvgIpc) is 2.64. The first-order valence-electron chi connectivity index (χ1n) is 7.14. The zero-order chi connectivity index (χ0) is 18.8. The molecule has 2 rings (SSSR count). The molecule has 0 aliphatic heterocycles. The predicted octanol–water partition coefficient (Wildman–Crippen LogP) is 1.21. The quantitative estimate of drug-likeness (QED) is 0.411. The molecular weight excluding hydrogens is 350 g/mol.